The molecule has 1 nitrogen and oxygen atoms in total. The summed E-state index contributed by atoms with van der Waals surface area (Å²) in [4.78, 5) is 0. The van der Waals surface area contributed by atoms with Crippen LogP contribution in [-0.2, 0) is 4.74 Å². The van der Waals surface area contributed by atoms with Crippen LogP contribution in [0.25, 0.3) is 0 Å². The number of hydrogen-bond donors (Lipinski definition) is 0. The van der Waals surface area contributed by atoms with Gasteiger partial charge in [0.05, 0.1) is 12.2 Å². The molecule has 2 rings (SSSR count). The molecule has 1 heteroatoms. The first-order valence-electron chi connectivity index (χ1n) is 7.89. The van der Waals surface area contributed by atoms with Gasteiger partial charge in [0, 0.05) is 5.41 Å². The van der Waals surface area contributed by atoms with Gasteiger partial charge in [-0.15, -0.1) is 0 Å². The molecular weight excluding hydrogens is 220 g/mol. The van der Waals surface area contributed by atoms with Crippen molar-refractivity contribution in [2.24, 2.45) is 11.3 Å². The average Bonchev–Trinajstić information content (AvgIpc) is 2.80. The minimum Gasteiger partial charge on any atom is -0.374 e. The Bertz CT molecular complexity index is 301. The van der Waals surface area contributed by atoms with Gasteiger partial charge in [-0.3, -0.25) is 0 Å². The van der Waals surface area contributed by atoms with Crippen molar-refractivity contribution >= 4 is 0 Å². The highest BCUT2D eigenvalue weighted by molar-refractivity contribution is 5.15. The van der Waals surface area contributed by atoms with Crippen molar-refractivity contribution in [2.75, 3.05) is 0 Å². The zero-order chi connectivity index (χ0) is 13.2. The van der Waals surface area contributed by atoms with Crippen LogP contribution in [0, 0.1) is 11.3 Å². The Labute approximate surface area is 113 Å². The van der Waals surface area contributed by atoms with E-state index in [-0.39, 0.29) is 5.41 Å². The van der Waals surface area contributed by atoms with Gasteiger partial charge in [-0.25, -0.2) is 0 Å². The molecule has 1 fully saturated rings. The topological polar surface area (TPSA) is 9.23 Å². The fraction of sp³-hybridized carbons (Fsp3) is 0.882. The zero-order valence-corrected chi connectivity index (χ0v) is 12.7. The number of ether oxygens (including phenoxy) is 1. The molecule has 3 atom stereocenters. The lowest BCUT2D eigenvalue weighted by Gasteiger charge is -2.40. The van der Waals surface area contributed by atoms with E-state index < -0.39 is 0 Å². The first kappa shape index (κ1) is 14.1. The van der Waals surface area contributed by atoms with Gasteiger partial charge in [0.25, 0.3) is 0 Å². The van der Waals surface area contributed by atoms with E-state index in [9.17, 15) is 0 Å². The SMILES string of the molecule is CCC1=CC(C)(C(C)OC2CCCC2)CC(C)C1. The van der Waals surface area contributed by atoms with E-state index in [0.29, 0.717) is 12.2 Å². The summed E-state index contributed by atoms with van der Waals surface area (Å²) >= 11 is 0. The third kappa shape index (κ3) is 3.17. The standard InChI is InChI=1S/C17H30O/c1-5-15-10-13(2)11-17(4,12-15)14(3)18-16-8-6-7-9-16/h12-14,16H,5-11H2,1-4H3. The van der Waals surface area contributed by atoms with E-state index in [1.165, 1.54) is 44.9 Å². The zero-order valence-electron chi connectivity index (χ0n) is 12.7. The van der Waals surface area contributed by atoms with Crippen molar-refractivity contribution in [1.29, 1.82) is 0 Å². The number of allylic oxidation sites excluding steroid dienone is 1. The summed E-state index contributed by atoms with van der Waals surface area (Å²) in [7, 11) is 0. The lowest BCUT2D eigenvalue weighted by atomic mass is 9.70. The van der Waals surface area contributed by atoms with E-state index >= 15 is 0 Å². The minimum atomic E-state index is 0.256. The second-order valence-corrected chi connectivity index (χ2v) is 6.86. The quantitative estimate of drug-likeness (QED) is 0.630. The summed E-state index contributed by atoms with van der Waals surface area (Å²) in [6, 6.07) is 0. The lowest BCUT2D eigenvalue weighted by molar-refractivity contribution is -0.0568. The molecule has 0 bridgehead atoms. The van der Waals surface area contributed by atoms with Gasteiger partial charge in [-0.2, -0.15) is 0 Å². The third-order valence-corrected chi connectivity index (χ3v) is 5.01. The molecule has 0 amide bonds. The molecule has 18 heavy (non-hydrogen) atoms. The summed E-state index contributed by atoms with van der Waals surface area (Å²) < 4.78 is 6.35. The molecule has 104 valence electrons. The third-order valence-electron chi connectivity index (χ3n) is 5.01. The predicted molar refractivity (Wildman–Crippen MR) is 77.7 cm³/mol. The van der Waals surface area contributed by atoms with E-state index in [2.05, 4.69) is 33.8 Å². The molecule has 2 aliphatic rings. The van der Waals surface area contributed by atoms with Gasteiger partial charge in [0.2, 0.25) is 0 Å². The summed E-state index contributed by atoms with van der Waals surface area (Å²) in [5.41, 5.74) is 1.89. The van der Waals surface area contributed by atoms with Crippen molar-refractivity contribution < 1.29 is 4.74 Å². The van der Waals surface area contributed by atoms with Crippen LogP contribution >= 0.6 is 0 Å². The minimum absolute atomic E-state index is 0.256. The summed E-state index contributed by atoms with van der Waals surface area (Å²) in [6.45, 7) is 9.37. The Morgan fingerprint density at radius 1 is 1.39 bits per heavy atom. The number of hydrogen-bond acceptors (Lipinski definition) is 1. The fourth-order valence-corrected chi connectivity index (χ4v) is 3.85. The maximum absolute atomic E-state index is 6.35. The van der Waals surface area contributed by atoms with Crippen molar-refractivity contribution in [3.63, 3.8) is 0 Å². The van der Waals surface area contributed by atoms with Crippen LogP contribution < -0.4 is 0 Å². The fourth-order valence-electron chi connectivity index (χ4n) is 3.85. The van der Waals surface area contributed by atoms with Gasteiger partial charge in [0.1, 0.15) is 0 Å². The molecule has 0 aromatic rings. The van der Waals surface area contributed by atoms with Crippen LogP contribution in [0.4, 0.5) is 0 Å². The highest BCUT2D eigenvalue weighted by Gasteiger charge is 2.36. The molecular formula is C17H30O. The van der Waals surface area contributed by atoms with E-state index in [4.69, 9.17) is 4.74 Å². The van der Waals surface area contributed by atoms with Crippen molar-refractivity contribution in [3.8, 4) is 0 Å². The van der Waals surface area contributed by atoms with Crippen molar-refractivity contribution in [3.05, 3.63) is 11.6 Å². The normalized spacial score (nSPS) is 35.6. The maximum Gasteiger partial charge on any atom is 0.0638 e. The summed E-state index contributed by atoms with van der Waals surface area (Å²) in [5.74, 6) is 0.810. The van der Waals surface area contributed by atoms with Crippen molar-refractivity contribution in [1.82, 2.24) is 0 Å². The van der Waals surface area contributed by atoms with E-state index in [0.717, 1.165) is 5.92 Å². The molecule has 0 aromatic heterocycles. The molecule has 1 saturated carbocycles. The Hall–Kier alpha value is -0.300. The van der Waals surface area contributed by atoms with E-state index in [1.54, 1.807) is 5.57 Å². The van der Waals surface area contributed by atoms with Gasteiger partial charge < -0.3 is 4.74 Å². The smallest absolute Gasteiger partial charge is 0.0638 e. The molecule has 3 unspecified atom stereocenters. The monoisotopic (exact) mass is 250 g/mol. The largest absolute Gasteiger partial charge is 0.374 e. The highest BCUT2D eigenvalue weighted by atomic mass is 16.5. The lowest BCUT2D eigenvalue weighted by Crippen LogP contribution is -2.37. The van der Waals surface area contributed by atoms with Gasteiger partial charge in [0.15, 0.2) is 0 Å². The van der Waals surface area contributed by atoms with Crippen LogP contribution in [0.1, 0.15) is 72.6 Å². The van der Waals surface area contributed by atoms with Crippen LogP contribution in [0.3, 0.4) is 0 Å². The molecule has 0 aliphatic heterocycles. The maximum atomic E-state index is 6.35. The van der Waals surface area contributed by atoms with Crippen molar-refractivity contribution in [2.45, 2.75) is 84.8 Å². The number of rotatable bonds is 4. The highest BCUT2D eigenvalue weighted by Crippen LogP contribution is 2.42. The summed E-state index contributed by atoms with van der Waals surface area (Å²) in [6.07, 6.45) is 12.5. The Morgan fingerprint density at radius 2 is 2.06 bits per heavy atom. The second-order valence-electron chi connectivity index (χ2n) is 6.86. The van der Waals surface area contributed by atoms with Gasteiger partial charge >= 0.3 is 0 Å². The van der Waals surface area contributed by atoms with Crippen LogP contribution in [0.5, 0.6) is 0 Å². The Balaban J connectivity index is 2.03. The first-order valence-corrected chi connectivity index (χ1v) is 7.89. The predicted octanol–water partition coefficient (Wildman–Crippen LogP) is 5.11. The Kier molecular flexibility index (Phi) is 4.53. The average molecular weight is 250 g/mol. The Morgan fingerprint density at radius 3 is 2.67 bits per heavy atom. The first-order chi connectivity index (χ1) is 8.53. The van der Waals surface area contributed by atoms with E-state index in [1.807, 2.05) is 0 Å². The van der Waals surface area contributed by atoms with Gasteiger partial charge in [-0.1, -0.05) is 45.3 Å². The molecule has 0 saturated heterocycles. The summed E-state index contributed by atoms with van der Waals surface area (Å²) in [5, 5.41) is 0. The van der Waals surface area contributed by atoms with Crippen LogP contribution in [0.15, 0.2) is 11.6 Å². The molecule has 0 N–H and O–H groups in total. The molecule has 0 aromatic carbocycles. The van der Waals surface area contributed by atoms with Crippen LogP contribution in [0.2, 0.25) is 0 Å². The molecule has 0 radical (unpaired) electrons. The molecule has 0 spiro atoms. The second kappa shape index (κ2) is 5.77. The van der Waals surface area contributed by atoms with Crippen LogP contribution in [-0.4, -0.2) is 12.2 Å². The molecule has 0 heterocycles. The molecule has 2 aliphatic carbocycles. The van der Waals surface area contributed by atoms with Gasteiger partial charge in [-0.05, 0) is 44.9 Å².